The molecular formula is C20H41MgNaO7S. The van der Waals surface area contributed by atoms with Crippen molar-refractivity contribution in [3.63, 3.8) is 0 Å². The molecule has 0 amide bonds. The van der Waals surface area contributed by atoms with Crippen LogP contribution in [-0.4, -0.2) is 96.0 Å². The van der Waals surface area contributed by atoms with Crippen molar-refractivity contribution in [1.29, 1.82) is 0 Å². The van der Waals surface area contributed by atoms with Gasteiger partial charge in [-0.05, 0) is 24.7 Å². The molecule has 0 saturated heterocycles. The van der Waals surface area contributed by atoms with E-state index in [9.17, 15) is 22.6 Å². The predicted octanol–water partition coefficient (Wildman–Crippen LogP) is 2.59. The Kier molecular flexibility index (Phi) is 23.8. The molecule has 0 radical (unpaired) electrons. The number of carbonyl (C=O) groups excluding carboxylic acids is 2. The molecule has 3 atom stereocenters. The van der Waals surface area contributed by atoms with Crippen LogP contribution in [0.15, 0.2) is 0 Å². The van der Waals surface area contributed by atoms with Crippen LogP contribution >= 0.6 is 0 Å². The van der Waals surface area contributed by atoms with Crippen LogP contribution in [0.3, 0.4) is 0 Å². The minimum atomic E-state index is -4.76. The van der Waals surface area contributed by atoms with Gasteiger partial charge in [-0.25, -0.2) is 0 Å². The summed E-state index contributed by atoms with van der Waals surface area (Å²) in [5, 5.41) is -1.95. The van der Waals surface area contributed by atoms with Crippen molar-refractivity contribution in [1.82, 2.24) is 0 Å². The summed E-state index contributed by atoms with van der Waals surface area (Å²) in [6.07, 6.45) is 6.74. The molecule has 0 aliphatic carbocycles. The average molecular weight is 473 g/mol. The molecule has 7 nitrogen and oxygen atoms in total. The Balaban J connectivity index is -0.00000364. The van der Waals surface area contributed by atoms with Crippen molar-refractivity contribution in [2.45, 2.75) is 90.7 Å². The summed E-state index contributed by atoms with van der Waals surface area (Å²) in [5.41, 5.74) is 0. The predicted molar refractivity (Wildman–Crippen MR) is 124 cm³/mol. The second-order valence-electron chi connectivity index (χ2n) is 7.35. The van der Waals surface area contributed by atoms with Crippen LogP contribution in [0.25, 0.3) is 0 Å². The zero-order chi connectivity index (χ0) is 21.6. The van der Waals surface area contributed by atoms with E-state index in [1.807, 2.05) is 13.8 Å². The molecule has 10 heteroatoms. The van der Waals surface area contributed by atoms with Gasteiger partial charge in [0, 0.05) is 0 Å². The first kappa shape index (κ1) is 35.2. The summed E-state index contributed by atoms with van der Waals surface area (Å²) in [6.45, 7) is 8.35. The summed E-state index contributed by atoms with van der Waals surface area (Å²) in [5.74, 6) is -1.61. The Bertz CT molecular complexity index is 557. The molecule has 0 aliphatic heterocycles. The quantitative estimate of drug-likeness (QED) is 0.209. The third-order valence-electron chi connectivity index (χ3n) is 5.00. The third kappa shape index (κ3) is 16.3. The van der Waals surface area contributed by atoms with Gasteiger partial charge < -0.3 is 9.47 Å². The van der Waals surface area contributed by atoms with Crippen LogP contribution in [-0.2, 0) is 29.2 Å². The number of hydrogen-bond donors (Lipinski definition) is 1. The Morgan fingerprint density at radius 2 is 1.30 bits per heavy atom. The van der Waals surface area contributed by atoms with E-state index in [-0.39, 0.29) is 77.7 Å². The van der Waals surface area contributed by atoms with Crippen LogP contribution in [0, 0.1) is 11.8 Å². The number of ether oxygens (including phenoxy) is 2. The summed E-state index contributed by atoms with van der Waals surface area (Å²) < 4.78 is 42.8. The number of rotatable bonds is 16. The third-order valence-corrected chi connectivity index (χ3v) is 6.08. The molecule has 0 aliphatic rings. The Morgan fingerprint density at radius 1 is 0.867 bits per heavy atom. The molecule has 0 saturated carbocycles. The molecule has 0 heterocycles. The normalized spacial score (nSPS) is 13.9. The molecule has 0 aromatic heterocycles. The molecule has 0 bridgehead atoms. The van der Waals surface area contributed by atoms with Gasteiger partial charge in [0.2, 0.25) is 0 Å². The minimum absolute atomic E-state index is 0. The maximum atomic E-state index is 12.2. The van der Waals surface area contributed by atoms with Gasteiger partial charge in [0.25, 0.3) is 10.1 Å². The topological polar surface area (TPSA) is 107 Å². The molecular weight excluding hydrogens is 432 g/mol. The zero-order valence-electron chi connectivity index (χ0n) is 17.8. The van der Waals surface area contributed by atoms with Crippen molar-refractivity contribution in [3.8, 4) is 0 Å². The number of unbranched alkanes of at least 4 members (excludes halogenated alkanes) is 2. The van der Waals surface area contributed by atoms with Crippen LogP contribution in [0.1, 0.15) is 85.5 Å². The van der Waals surface area contributed by atoms with Gasteiger partial charge >= 0.3 is 64.5 Å². The molecule has 172 valence electrons. The molecule has 0 fully saturated rings. The molecule has 1 N–H and O–H groups in total. The fourth-order valence-corrected chi connectivity index (χ4v) is 3.48. The van der Waals surface area contributed by atoms with E-state index in [0.717, 1.165) is 51.4 Å². The van der Waals surface area contributed by atoms with Crippen molar-refractivity contribution >= 4 is 74.7 Å². The molecule has 0 spiro atoms. The second kappa shape index (κ2) is 20.2. The monoisotopic (exact) mass is 472 g/mol. The van der Waals surface area contributed by atoms with E-state index >= 15 is 0 Å². The second-order valence-corrected chi connectivity index (χ2v) is 8.95. The van der Waals surface area contributed by atoms with E-state index in [1.165, 1.54) is 0 Å². The van der Waals surface area contributed by atoms with Gasteiger partial charge in [-0.2, -0.15) is 8.42 Å². The number of hydrogen-bond acceptors (Lipinski definition) is 6. The van der Waals surface area contributed by atoms with Crippen LogP contribution < -0.4 is 0 Å². The van der Waals surface area contributed by atoms with Crippen molar-refractivity contribution in [2.24, 2.45) is 11.8 Å². The SMILES string of the molecule is CCCCC(CC)COC(=O)CC(C(=O)OCC(CC)CCCC)S(=O)(=O)O.[MgH2].[NaH]. The molecule has 30 heavy (non-hydrogen) atoms. The van der Waals surface area contributed by atoms with Gasteiger partial charge in [0.05, 0.1) is 19.6 Å². The van der Waals surface area contributed by atoms with Crippen LogP contribution in [0.5, 0.6) is 0 Å². The van der Waals surface area contributed by atoms with E-state index in [1.54, 1.807) is 0 Å². The first-order chi connectivity index (χ1) is 13.2. The van der Waals surface area contributed by atoms with Crippen LogP contribution in [0.2, 0.25) is 0 Å². The van der Waals surface area contributed by atoms with E-state index in [4.69, 9.17) is 9.47 Å². The first-order valence-electron chi connectivity index (χ1n) is 10.5. The van der Waals surface area contributed by atoms with Gasteiger partial charge in [0.1, 0.15) is 0 Å². The molecule has 3 unspecified atom stereocenters. The molecule has 0 aromatic rings. The summed E-state index contributed by atoms with van der Waals surface area (Å²) >= 11 is 0. The zero-order valence-corrected chi connectivity index (χ0v) is 18.6. The average Bonchev–Trinajstić information content (AvgIpc) is 2.65. The fraction of sp³-hybridized carbons (Fsp3) is 0.900. The number of esters is 2. The first-order valence-corrected chi connectivity index (χ1v) is 12.0. The van der Waals surface area contributed by atoms with Crippen molar-refractivity contribution in [3.05, 3.63) is 0 Å². The summed E-state index contributed by atoms with van der Waals surface area (Å²) in [6, 6.07) is 0. The molecule has 0 rings (SSSR count). The molecule has 0 aromatic carbocycles. The van der Waals surface area contributed by atoms with Gasteiger partial charge in [0.15, 0.2) is 5.25 Å². The van der Waals surface area contributed by atoms with E-state index in [0.29, 0.717) is 0 Å². The fourth-order valence-electron chi connectivity index (χ4n) is 2.82. The summed E-state index contributed by atoms with van der Waals surface area (Å²) in [7, 11) is -4.76. The van der Waals surface area contributed by atoms with Gasteiger partial charge in [-0.3, -0.25) is 14.1 Å². The van der Waals surface area contributed by atoms with Gasteiger partial charge in [-0.1, -0.05) is 66.2 Å². The van der Waals surface area contributed by atoms with E-state index < -0.39 is 33.7 Å². The number of carbonyl (C=O) groups is 2. The Hall–Kier alpha value is 0.616. The van der Waals surface area contributed by atoms with E-state index in [2.05, 4.69) is 13.8 Å². The van der Waals surface area contributed by atoms with Crippen LogP contribution in [0.4, 0.5) is 0 Å². The summed E-state index contributed by atoms with van der Waals surface area (Å²) in [4.78, 5) is 24.2. The Morgan fingerprint density at radius 3 is 1.67 bits per heavy atom. The van der Waals surface area contributed by atoms with Gasteiger partial charge in [-0.15, -0.1) is 0 Å². The van der Waals surface area contributed by atoms with Crippen molar-refractivity contribution in [2.75, 3.05) is 13.2 Å². The van der Waals surface area contributed by atoms with Crippen molar-refractivity contribution < 1.29 is 32.0 Å². The maximum absolute atomic E-state index is 12.2. The Labute approximate surface area is 221 Å². The standard InChI is InChI=1S/C20H38O7S.Mg.Na.3H/c1-5-9-11-16(7-3)14-26-19(21)13-18(28(23,24)25)20(22)27-15-17(8-4)12-10-6-2;;;;;/h16-18H,5-15H2,1-4H3,(H,23,24,25);;;;;.